The topological polar surface area (TPSA) is 175 Å². The molecule has 3 aliphatic rings. The van der Waals surface area contributed by atoms with Crippen molar-refractivity contribution < 1.29 is 33.4 Å². The van der Waals surface area contributed by atoms with Gasteiger partial charge in [0.05, 0.1) is 44.8 Å². The summed E-state index contributed by atoms with van der Waals surface area (Å²) in [5.41, 5.74) is 4.03. The van der Waals surface area contributed by atoms with Crippen LogP contribution in [-0.4, -0.2) is 101 Å². The van der Waals surface area contributed by atoms with E-state index in [2.05, 4.69) is 58.1 Å². The number of imidazole rings is 1. The second-order valence-corrected chi connectivity index (χ2v) is 17.6. The molecule has 0 spiro atoms. The van der Waals surface area contributed by atoms with Gasteiger partial charge < -0.3 is 34.9 Å². The van der Waals surface area contributed by atoms with Crippen LogP contribution in [0.4, 0.5) is 4.79 Å². The fourth-order valence-electron chi connectivity index (χ4n) is 8.12. The number of rotatable bonds is 12. The zero-order chi connectivity index (χ0) is 44.5. The lowest BCUT2D eigenvalue weighted by atomic mass is 9.90. The minimum Gasteiger partial charge on any atom is -0.469 e. The van der Waals surface area contributed by atoms with Crippen LogP contribution in [0.15, 0.2) is 47.2 Å². The molecule has 0 unspecified atom stereocenters. The molecule has 0 bridgehead atoms. The lowest BCUT2D eigenvalue weighted by Gasteiger charge is -2.32. The van der Waals surface area contributed by atoms with Crippen LogP contribution in [0.2, 0.25) is 0 Å². The highest BCUT2D eigenvalue weighted by atomic mass is 16.5. The van der Waals surface area contributed by atoms with Gasteiger partial charge in [0.25, 0.3) is 0 Å². The Hall–Kier alpha value is -5.89. The Balaban J connectivity index is 1.19. The first-order valence-corrected chi connectivity index (χ1v) is 21.3. The van der Waals surface area contributed by atoms with Crippen molar-refractivity contribution in [1.82, 2.24) is 30.4 Å². The van der Waals surface area contributed by atoms with E-state index in [4.69, 9.17) is 14.5 Å². The molecule has 1 aromatic carbocycles. The van der Waals surface area contributed by atoms with Crippen LogP contribution in [-0.2, 0) is 28.7 Å². The number of aliphatic imine (C=N–C) groups is 1. The fraction of sp³-hybridized carbons (Fsp3) is 0.553. The van der Waals surface area contributed by atoms with Crippen molar-refractivity contribution in [2.75, 3.05) is 27.3 Å². The molecule has 4 heterocycles. The molecular weight excluding hydrogens is 775 g/mol. The molecule has 3 N–H and O–H groups in total. The van der Waals surface area contributed by atoms with Gasteiger partial charge in [-0.1, -0.05) is 73.2 Å². The maximum Gasteiger partial charge on any atom is 0.407 e. The third-order valence-corrected chi connectivity index (χ3v) is 11.6. The molecule has 326 valence electrons. The summed E-state index contributed by atoms with van der Waals surface area (Å²) in [6.07, 6.45) is 4.89. The van der Waals surface area contributed by atoms with Crippen LogP contribution >= 0.6 is 0 Å². The van der Waals surface area contributed by atoms with Crippen molar-refractivity contribution in [3.05, 3.63) is 64.9 Å². The number of hydrogen-bond donors (Lipinski definition) is 3. The Morgan fingerprint density at radius 3 is 1.93 bits per heavy atom. The number of carbonyl (C=O) groups is 5. The summed E-state index contributed by atoms with van der Waals surface area (Å²) in [7, 11) is 2.58. The van der Waals surface area contributed by atoms with Gasteiger partial charge in [0, 0.05) is 48.1 Å². The smallest absolute Gasteiger partial charge is 0.407 e. The third-order valence-electron chi connectivity index (χ3n) is 11.6. The molecule has 2 aromatic rings. The summed E-state index contributed by atoms with van der Waals surface area (Å²) in [5.74, 6) is 12.0. The number of hydrogen-bond acceptors (Lipinski definition) is 9. The number of likely N-dealkylation sites (tertiary alicyclic amines) is 2. The number of benzene rings is 1. The normalized spacial score (nSPS) is 21.1. The number of esters is 1. The van der Waals surface area contributed by atoms with E-state index in [9.17, 15) is 24.0 Å². The molecule has 5 rings (SSSR count). The number of carbonyl (C=O) groups excluding carboxylic acids is 5. The average Bonchev–Trinajstić information content (AvgIpc) is 4.05. The van der Waals surface area contributed by atoms with E-state index in [1.807, 2.05) is 70.7 Å². The van der Waals surface area contributed by atoms with E-state index in [0.717, 1.165) is 28.8 Å². The van der Waals surface area contributed by atoms with Crippen molar-refractivity contribution in [1.29, 1.82) is 0 Å². The maximum absolute atomic E-state index is 14.1. The predicted octanol–water partition coefficient (Wildman–Crippen LogP) is 5.39. The molecule has 0 radical (unpaired) electrons. The highest BCUT2D eigenvalue weighted by Crippen LogP contribution is 2.35. The van der Waals surface area contributed by atoms with Gasteiger partial charge in [0.15, 0.2) is 0 Å². The first-order valence-electron chi connectivity index (χ1n) is 21.3. The van der Waals surface area contributed by atoms with Gasteiger partial charge in [-0.25, -0.2) is 9.78 Å². The molecular formula is C47H61N7O7. The Labute approximate surface area is 360 Å². The number of H-pyrrole nitrogens is 1. The highest BCUT2D eigenvalue weighted by Gasteiger charge is 2.42. The molecule has 3 aliphatic heterocycles. The zero-order valence-electron chi connectivity index (χ0n) is 37.1. The van der Waals surface area contributed by atoms with Crippen LogP contribution in [0.1, 0.15) is 110 Å². The molecule has 61 heavy (non-hydrogen) atoms. The van der Waals surface area contributed by atoms with Crippen molar-refractivity contribution in [3.8, 4) is 23.7 Å². The summed E-state index contributed by atoms with van der Waals surface area (Å²) < 4.78 is 9.58. The van der Waals surface area contributed by atoms with Gasteiger partial charge >= 0.3 is 12.1 Å². The Morgan fingerprint density at radius 1 is 0.770 bits per heavy atom. The van der Waals surface area contributed by atoms with Crippen molar-refractivity contribution in [2.45, 2.75) is 105 Å². The van der Waals surface area contributed by atoms with Crippen LogP contribution in [0.25, 0.3) is 0 Å². The Bertz CT molecular complexity index is 2130. The molecule has 1 aromatic heterocycles. The summed E-state index contributed by atoms with van der Waals surface area (Å²) in [4.78, 5) is 81.4. The van der Waals surface area contributed by atoms with Crippen molar-refractivity contribution in [3.63, 3.8) is 0 Å². The highest BCUT2D eigenvalue weighted by molar-refractivity contribution is 5.98. The number of alkyl carbamates (subject to hydrolysis) is 1. The molecule has 7 atom stereocenters. The van der Waals surface area contributed by atoms with Crippen LogP contribution in [0.5, 0.6) is 0 Å². The summed E-state index contributed by atoms with van der Waals surface area (Å²) >= 11 is 0. The van der Waals surface area contributed by atoms with E-state index in [0.29, 0.717) is 43.4 Å². The molecule has 4 amide bonds. The minimum atomic E-state index is -0.868. The molecule has 0 saturated carbocycles. The molecule has 14 nitrogen and oxygen atoms in total. The molecule has 2 fully saturated rings. The Morgan fingerprint density at radius 2 is 1.36 bits per heavy atom. The number of ether oxygens (including phenoxy) is 2. The van der Waals surface area contributed by atoms with Crippen LogP contribution < -0.4 is 10.6 Å². The van der Waals surface area contributed by atoms with Crippen LogP contribution in [0.3, 0.4) is 0 Å². The number of aromatic amines is 1. The SMILES string of the molecule is COC(=O)C[C@H](C(=O)N1C[C@@H](C)C[C@H]1C1=NC=C(C#Cc2ccc(C#Cc3cnc([C@@H]4C[C@H](C)CN4C(=O)[C@@H](NC(=O)[C@@H](NC(=O)OC)C(C)C)C(C)C)[nH]3)cc2)C1)C(C)C. The van der Waals surface area contributed by atoms with Crippen LogP contribution in [0, 0.1) is 59.2 Å². The second-order valence-electron chi connectivity index (χ2n) is 17.6. The van der Waals surface area contributed by atoms with E-state index >= 15 is 0 Å². The zero-order valence-corrected chi connectivity index (χ0v) is 37.1. The minimum absolute atomic E-state index is 0.00279. The van der Waals surface area contributed by atoms with E-state index in [-0.39, 0.29) is 60.0 Å². The first kappa shape index (κ1) is 46.2. The van der Waals surface area contributed by atoms with Crippen molar-refractivity contribution in [2.24, 2.45) is 40.5 Å². The number of amides is 4. The number of nitrogens with one attached hydrogen (secondary N) is 3. The molecule has 2 saturated heterocycles. The van der Waals surface area contributed by atoms with Gasteiger partial charge in [-0.05, 0) is 72.6 Å². The maximum atomic E-state index is 14.1. The quantitative estimate of drug-likeness (QED) is 0.188. The predicted molar refractivity (Wildman–Crippen MR) is 231 cm³/mol. The van der Waals surface area contributed by atoms with Gasteiger partial charge in [-0.3, -0.25) is 24.2 Å². The average molecular weight is 836 g/mol. The van der Waals surface area contributed by atoms with Gasteiger partial charge in [-0.15, -0.1) is 0 Å². The second kappa shape index (κ2) is 20.6. The lowest BCUT2D eigenvalue weighted by Crippen LogP contribution is -2.57. The third kappa shape index (κ3) is 11.7. The van der Waals surface area contributed by atoms with Gasteiger partial charge in [-0.2, -0.15) is 0 Å². The molecule has 14 heteroatoms. The summed E-state index contributed by atoms with van der Waals surface area (Å²) in [5, 5.41) is 5.47. The van der Waals surface area contributed by atoms with E-state index < -0.39 is 30.0 Å². The number of aromatic nitrogens is 2. The van der Waals surface area contributed by atoms with E-state index in [1.54, 1.807) is 17.3 Å². The largest absolute Gasteiger partial charge is 0.469 e. The monoisotopic (exact) mass is 835 g/mol. The van der Waals surface area contributed by atoms with E-state index in [1.165, 1.54) is 14.2 Å². The number of allylic oxidation sites excluding steroid dienone is 1. The fourth-order valence-corrected chi connectivity index (χ4v) is 8.12. The van der Waals surface area contributed by atoms with Crippen molar-refractivity contribution >= 4 is 35.5 Å². The Kier molecular flexibility index (Phi) is 15.6. The molecule has 0 aliphatic carbocycles. The number of methoxy groups -OCH3 is 2. The lowest BCUT2D eigenvalue weighted by molar-refractivity contribution is -0.148. The summed E-state index contributed by atoms with van der Waals surface area (Å²) in [6, 6.07) is 5.53. The van der Waals surface area contributed by atoms with Gasteiger partial charge in [0.1, 0.15) is 23.6 Å². The standard InChI is InChI=1S/C47H61N7O7/c1-27(2)36(22-40(55)60-9)45(57)53-25-30(7)19-38(53)37-21-34(23-48-37)16-15-32-11-13-33(14-12-32)17-18-35-24-49-43(50-35)39-20-31(8)26-54(39)46(58)42(29(5)6)51-44(56)41(28(3)4)52-47(59)61-10/h11-14,23-24,27-31,36,38-39,41-42H,19-22,25-26H2,1-10H3,(H,49,50)(H,51,56)(H,52,59)/t30-,31-,36-,38-,39-,41-,42-/m0/s1. The summed E-state index contributed by atoms with van der Waals surface area (Å²) in [6.45, 7) is 16.7. The first-order chi connectivity index (χ1) is 29.0. The van der Waals surface area contributed by atoms with Gasteiger partial charge in [0.2, 0.25) is 17.7 Å². The number of nitrogens with zero attached hydrogens (tertiary/aromatic N) is 4.